The Morgan fingerprint density at radius 3 is 3.13 bits per heavy atom. The minimum Gasteiger partial charge on any atom is -0.438 e. The lowest BCUT2D eigenvalue weighted by Gasteiger charge is -2.29. The van der Waals surface area contributed by atoms with Crippen molar-refractivity contribution < 1.29 is 9.21 Å². The highest BCUT2D eigenvalue weighted by molar-refractivity contribution is 5.71. The maximum Gasteiger partial charge on any atom is 0.196 e. The Hall–Kier alpha value is -1.76. The van der Waals surface area contributed by atoms with E-state index in [2.05, 4.69) is 6.07 Å². The fourth-order valence-corrected chi connectivity index (χ4v) is 1.86. The molecule has 0 aliphatic carbocycles. The summed E-state index contributed by atoms with van der Waals surface area (Å²) >= 11 is 0. The van der Waals surface area contributed by atoms with Gasteiger partial charge in [-0.15, -0.1) is 0 Å². The van der Waals surface area contributed by atoms with E-state index in [4.69, 9.17) is 9.68 Å². The van der Waals surface area contributed by atoms with Crippen molar-refractivity contribution in [2.24, 2.45) is 5.92 Å². The molecule has 0 aromatic carbocycles. The van der Waals surface area contributed by atoms with Gasteiger partial charge in [0.1, 0.15) is 0 Å². The molecule has 4 heteroatoms. The normalized spacial score (nSPS) is 21.0. The van der Waals surface area contributed by atoms with Gasteiger partial charge in [0.15, 0.2) is 17.9 Å². The number of carbonyl (C=O) groups is 1. The second-order valence-corrected chi connectivity index (χ2v) is 3.71. The standard InChI is InChI=1S/C11H12N2O2/c12-6-9-2-1-5-13(7-9)11-4-3-10(8-14)15-11/h3-4,8-9H,1-2,5,7H2. The molecule has 1 aliphatic rings. The number of hydrogen-bond donors (Lipinski definition) is 0. The molecule has 4 nitrogen and oxygen atoms in total. The SMILES string of the molecule is N#CC1CCCN(c2ccc(C=O)o2)C1. The molecule has 0 amide bonds. The first-order valence-corrected chi connectivity index (χ1v) is 5.03. The van der Waals surface area contributed by atoms with Crippen molar-refractivity contribution in [1.29, 1.82) is 5.26 Å². The molecular formula is C11H12N2O2. The van der Waals surface area contributed by atoms with Gasteiger partial charge in [-0.25, -0.2) is 0 Å². The predicted octanol–water partition coefficient (Wildman–Crippen LogP) is 1.83. The van der Waals surface area contributed by atoms with Crippen LogP contribution in [0.4, 0.5) is 5.88 Å². The van der Waals surface area contributed by atoms with Crippen LogP contribution < -0.4 is 4.90 Å². The Labute approximate surface area is 88.1 Å². The van der Waals surface area contributed by atoms with Gasteiger partial charge in [-0.2, -0.15) is 5.26 Å². The summed E-state index contributed by atoms with van der Waals surface area (Å²) in [7, 11) is 0. The maximum absolute atomic E-state index is 10.5. The molecule has 78 valence electrons. The Kier molecular flexibility index (Phi) is 2.72. The van der Waals surface area contributed by atoms with Gasteiger partial charge in [0.25, 0.3) is 0 Å². The van der Waals surface area contributed by atoms with Crippen LogP contribution in [0.25, 0.3) is 0 Å². The summed E-state index contributed by atoms with van der Waals surface area (Å²) in [5.74, 6) is 1.10. The molecule has 2 heterocycles. The third kappa shape index (κ3) is 2.01. The molecule has 15 heavy (non-hydrogen) atoms. The van der Waals surface area contributed by atoms with Gasteiger partial charge < -0.3 is 9.32 Å². The van der Waals surface area contributed by atoms with Crippen molar-refractivity contribution in [3.05, 3.63) is 17.9 Å². The zero-order valence-corrected chi connectivity index (χ0v) is 8.35. The second kappa shape index (κ2) is 4.18. The van der Waals surface area contributed by atoms with E-state index in [9.17, 15) is 4.79 Å². The zero-order valence-electron chi connectivity index (χ0n) is 8.35. The molecule has 0 radical (unpaired) electrons. The minimum atomic E-state index is 0.0727. The van der Waals surface area contributed by atoms with Crippen molar-refractivity contribution >= 4 is 12.2 Å². The highest BCUT2D eigenvalue weighted by Gasteiger charge is 2.21. The second-order valence-electron chi connectivity index (χ2n) is 3.71. The van der Waals surface area contributed by atoms with Crippen LogP contribution in [0.2, 0.25) is 0 Å². The first-order chi connectivity index (χ1) is 7.33. The van der Waals surface area contributed by atoms with E-state index in [1.807, 2.05) is 4.90 Å². The summed E-state index contributed by atoms with van der Waals surface area (Å²) in [5.41, 5.74) is 0. The van der Waals surface area contributed by atoms with Crippen molar-refractivity contribution in [2.45, 2.75) is 12.8 Å². The Morgan fingerprint density at radius 2 is 2.47 bits per heavy atom. The number of piperidine rings is 1. The van der Waals surface area contributed by atoms with Crippen LogP contribution in [0, 0.1) is 17.2 Å². The molecule has 0 spiro atoms. The van der Waals surface area contributed by atoms with Crippen LogP contribution in [0.5, 0.6) is 0 Å². The number of aldehydes is 1. The van der Waals surface area contributed by atoms with E-state index >= 15 is 0 Å². The van der Waals surface area contributed by atoms with Crippen molar-refractivity contribution in [1.82, 2.24) is 0 Å². The van der Waals surface area contributed by atoms with Crippen LogP contribution in [-0.4, -0.2) is 19.4 Å². The Balaban J connectivity index is 2.10. The molecule has 1 atom stereocenters. The predicted molar refractivity (Wildman–Crippen MR) is 54.6 cm³/mol. The van der Waals surface area contributed by atoms with Gasteiger partial charge >= 0.3 is 0 Å². The summed E-state index contributed by atoms with van der Waals surface area (Å²) in [6, 6.07) is 5.70. The third-order valence-electron chi connectivity index (χ3n) is 2.64. The molecule has 0 saturated carbocycles. The lowest BCUT2D eigenvalue weighted by molar-refractivity contribution is 0.110. The van der Waals surface area contributed by atoms with Gasteiger partial charge in [0.2, 0.25) is 0 Å². The van der Waals surface area contributed by atoms with Crippen LogP contribution in [-0.2, 0) is 0 Å². The summed E-state index contributed by atoms with van der Waals surface area (Å²) < 4.78 is 5.31. The first kappa shape index (κ1) is 9.78. The zero-order chi connectivity index (χ0) is 10.7. The fraction of sp³-hybridized carbons (Fsp3) is 0.455. The number of anilines is 1. The topological polar surface area (TPSA) is 57.2 Å². The number of furan rings is 1. The van der Waals surface area contributed by atoms with Gasteiger partial charge in [-0.05, 0) is 18.9 Å². The van der Waals surface area contributed by atoms with E-state index in [-0.39, 0.29) is 5.92 Å². The lowest BCUT2D eigenvalue weighted by Crippen LogP contribution is -2.34. The van der Waals surface area contributed by atoms with E-state index < -0.39 is 0 Å². The summed E-state index contributed by atoms with van der Waals surface area (Å²) in [5, 5.41) is 8.84. The highest BCUT2D eigenvalue weighted by atomic mass is 16.4. The monoisotopic (exact) mass is 204 g/mol. The smallest absolute Gasteiger partial charge is 0.196 e. The Bertz CT molecular complexity index is 392. The number of hydrogen-bond acceptors (Lipinski definition) is 4. The fourth-order valence-electron chi connectivity index (χ4n) is 1.86. The van der Waals surface area contributed by atoms with Crippen molar-refractivity contribution in [2.75, 3.05) is 18.0 Å². The van der Waals surface area contributed by atoms with Crippen molar-refractivity contribution in [3.63, 3.8) is 0 Å². The quantitative estimate of drug-likeness (QED) is 0.689. The largest absolute Gasteiger partial charge is 0.438 e. The lowest BCUT2D eigenvalue weighted by atomic mass is 10.00. The molecule has 1 aromatic heterocycles. The first-order valence-electron chi connectivity index (χ1n) is 5.03. The summed E-state index contributed by atoms with van der Waals surface area (Å²) in [6.45, 7) is 1.59. The van der Waals surface area contributed by atoms with E-state index in [0.717, 1.165) is 19.4 Å². The molecule has 1 aliphatic heterocycles. The highest BCUT2D eigenvalue weighted by Crippen LogP contribution is 2.24. The van der Waals surface area contributed by atoms with Crippen LogP contribution in [0.3, 0.4) is 0 Å². The molecule has 0 bridgehead atoms. The summed E-state index contributed by atoms with van der Waals surface area (Å²) in [6.07, 6.45) is 2.64. The average Bonchev–Trinajstić information content (AvgIpc) is 2.78. The molecule has 2 rings (SSSR count). The van der Waals surface area contributed by atoms with E-state index in [0.29, 0.717) is 24.5 Å². The van der Waals surface area contributed by atoms with Crippen LogP contribution in [0.1, 0.15) is 23.4 Å². The van der Waals surface area contributed by atoms with Gasteiger partial charge in [-0.3, -0.25) is 4.79 Å². The molecule has 1 saturated heterocycles. The maximum atomic E-state index is 10.5. The number of carbonyl (C=O) groups excluding carboxylic acids is 1. The molecule has 1 aromatic rings. The van der Waals surface area contributed by atoms with Gasteiger partial charge in [0, 0.05) is 19.2 Å². The number of nitriles is 1. The van der Waals surface area contributed by atoms with Gasteiger partial charge in [-0.1, -0.05) is 0 Å². The molecular weight excluding hydrogens is 192 g/mol. The summed E-state index contributed by atoms with van der Waals surface area (Å²) in [4.78, 5) is 12.5. The van der Waals surface area contributed by atoms with E-state index in [1.54, 1.807) is 12.1 Å². The number of nitrogens with zero attached hydrogens (tertiary/aromatic N) is 2. The molecule has 0 N–H and O–H groups in total. The van der Waals surface area contributed by atoms with Crippen molar-refractivity contribution in [3.8, 4) is 6.07 Å². The van der Waals surface area contributed by atoms with Gasteiger partial charge in [0.05, 0.1) is 12.0 Å². The molecule has 1 fully saturated rings. The van der Waals surface area contributed by atoms with Crippen LogP contribution >= 0.6 is 0 Å². The Morgan fingerprint density at radius 1 is 1.60 bits per heavy atom. The number of rotatable bonds is 2. The third-order valence-corrected chi connectivity index (χ3v) is 2.64. The molecule has 1 unspecified atom stereocenters. The van der Waals surface area contributed by atoms with E-state index in [1.165, 1.54) is 0 Å². The average molecular weight is 204 g/mol. The minimum absolute atomic E-state index is 0.0727. The van der Waals surface area contributed by atoms with Crippen LogP contribution in [0.15, 0.2) is 16.5 Å².